The molecule has 0 radical (unpaired) electrons. The van der Waals surface area contributed by atoms with Crippen molar-refractivity contribution in [1.82, 2.24) is 5.32 Å². The Balaban J connectivity index is 2.89. The first-order chi connectivity index (χ1) is 10.8. The summed E-state index contributed by atoms with van der Waals surface area (Å²) in [6.07, 6.45) is -0.818. The Labute approximate surface area is 145 Å². The van der Waals surface area contributed by atoms with Gasteiger partial charge in [0.25, 0.3) is 0 Å². The van der Waals surface area contributed by atoms with Gasteiger partial charge in [-0.15, -0.1) is 0 Å². The minimum atomic E-state index is -1.19. The number of esters is 1. The van der Waals surface area contributed by atoms with Crippen molar-refractivity contribution in [3.63, 3.8) is 0 Å². The van der Waals surface area contributed by atoms with E-state index in [9.17, 15) is 14.7 Å². The summed E-state index contributed by atoms with van der Waals surface area (Å²) in [5, 5.41) is 13.1. The maximum Gasteiger partial charge on any atom is 0.328 e. The fourth-order valence-electron chi connectivity index (χ4n) is 2.09. The molecule has 1 aromatic carbocycles. The van der Waals surface area contributed by atoms with Crippen LogP contribution in [0.4, 0.5) is 0 Å². The van der Waals surface area contributed by atoms with Crippen molar-refractivity contribution < 1.29 is 19.4 Å². The molecule has 0 saturated carbocycles. The summed E-state index contributed by atoms with van der Waals surface area (Å²) in [6.45, 7) is 3.77. The molecule has 128 valence electrons. The highest BCUT2D eigenvalue weighted by Crippen LogP contribution is 2.25. The van der Waals surface area contributed by atoms with Crippen LogP contribution < -0.4 is 5.32 Å². The molecule has 2 atom stereocenters. The summed E-state index contributed by atoms with van der Waals surface area (Å²) in [7, 11) is 1.22. The molecule has 0 saturated heterocycles. The van der Waals surface area contributed by atoms with Crippen molar-refractivity contribution in [3.8, 4) is 0 Å². The van der Waals surface area contributed by atoms with Gasteiger partial charge in [0.05, 0.1) is 7.11 Å². The third-order valence-corrected chi connectivity index (χ3v) is 3.98. The van der Waals surface area contributed by atoms with Gasteiger partial charge < -0.3 is 15.2 Å². The van der Waals surface area contributed by atoms with Gasteiger partial charge in [-0.1, -0.05) is 43.1 Å². The molecule has 0 aromatic heterocycles. The van der Waals surface area contributed by atoms with Gasteiger partial charge in [-0.3, -0.25) is 4.79 Å². The number of ether oxygens (including phenoxy) is 1. The minimum Gasteiger partial charge on any atom is -0.467 e. The van der Waals surface area contributed by atoms with E-state index in [0.29, 0.717) is 22.0 Å². The van der Waals surface area contributed by atoms with Gasteiger partial charge in [-0.2, -0.15) is 0 Å². The molecule has 0 aliphatic rings. The summed E-state index contributed by atoms with van der Waals surface area (Å²) >= 11 is 12.2. The van der Waals surface area contributed by atoms with E-state index in [1.54, 1.807) is 18.2 Å². The van der Waals surface area contributed by atoms with Crippen molar-refractivity contribution in [2.24, 2.45) is 5.92 Å². The minimum absolute atomic E-state index is 0.0747. The predicted octanol–water partition coefficient (Wildman–Crippen LogP) is 2.60. The number of carbonyl (C=O) groups is 2. The van der Waals surface area contributed by atoms with Crippen LogP contribution in [0.1, 0.15) is 25.8 Å². The van der Waals surface area contributed by atoms with Crippen LogP contribution in [0.2, 0.25) is 10.0 Å². The number of nitrogens with one attached hydrogen (secondary N) is 1. The molecule has 0 spiro atoms. The van der Waals surface area contributed by atoms with Gasteiger partial charge in [0.1, 0.15) is 12.1 Å². The number of hydrogen-bond donors (Lipinski definition) is 2. The zero-order valence-corrected chi connectivity index (χ0v) is 14.8. The zero-order chi connectivity index (χ0) is 17.6. The van der Waals surface area contributed by atoms with Crippen molar-refractivity contribution in [1.29, 1.82) is 0 Å². The zero-order valence-electron chi connectivity index (χ0n) is 13.3. The maximum absolute atomic E-state index is 12.0. The Bertz CT molecular complexity index is 543. The second-order valence-corrected chi connectivity index (χ2v) is 6.45. The number of hydrogen-bond acceptors (Lipinski definition) is 4. The number of benzene rings is 1. The number of aliphatic hydroxyl groups is 1. The van der Waals surface area contributed by atoms with Gasteiger partial charge in [0.15, 0.2) is 0 Å². The molecule has 1 rings (SSSR count). The topological polar surface area (TPSA) is 75.6 Å². The van der Waals surface area contributed by atoms with Gasteiger partial charge in [0, 0.05) is 16.5 Å². The number of aliphatic hydroxyl groups excluding tert-OH is 1. The van der Waals surface area contributed by atoms with Gasteiger partial charge in [-0.05, 0) is 30.0 Å². The molecule has 0 aliphatic carbocycles. The van der Waals surface area contributed by atoms with E-state index in [1.807, 2.05) is 13.8 Å². The number of methoxy groups -OCH3 is 1. The third kappa shape index (κ3) is 6.01. The summed E-state index contributed by atoms with van der Waals surface area (Å²) in [5.41, 5.74) is 0.532. The highest BCUT2D eigenvalue weighted by Gasteiger charge is 2.27. The van der Waals surface area contributed by atoms with Crippen LogP contribution in [0.25, 0.3) is 0 Å². The second-order valence-electron chi connectivity index (χ2n) is 5.63. The Morgan fingerprint density at radius 3 is 2.30 bits per heavy atom. The van der Waals surface area contributed by atoms with Crippen molar-refractivity contribution in [2.75, 3.05) is 7.11 Å². The highest BCUT2D eigenvalue weighted by atomic mass is 35.5. The van der Waals surface area contributed by atoms with Gasteiger partial charge >= 0.3 is 5.97 Å². The SMILES string of the molecule is COC(=O)[C@@H](Cc1c(Cl)cccc1Cl)NC(=O)[C@@H](O)CC(C)C. The summed E-state index contributed by atoms with van der Waals surface area (Å²) in [5.74, 6) is -1.12. The molecule has 1 amide bonds. The Kier molecular flexibility index (Phi) is 7.82. The number of rotatable bonds is 7. The first-order valence-corrected chi connectivity index (χ1v) is 8.01. The Morgan fingerprint density at radius 2 is 1.83 bits per heavy atom. The molecular weight excluding hydrogens is 341 g/mol. The van der Waals surface area contributed by atoms with Crippen LogP contribution in [0.3, 0.4) is 0 Å². The Morgan fingerprint density at radius 1 is 1.26 bits per heavy atom. The number of halogens is 2. The van der Waals surface area contributed by atoms with E-state index in [0.717, 1.165) is 0 Å². The molecule has 23 heavy (non-hydrogen) atoms. The molecule has 0 bridgehead atoms. The average Bonchev–Trinajstić information content (AvgIpc) is 2.48. The molecular formula is C16H21Cl2NO4. The normalized spacial score (nSPS) is 13.5. The molecule has 1 aromatic rings. The standard InChI is InChI=1S/C16H21Cl2NO4/c1-9(2)7-14(20)15(21)19-13(16(22)23-3)8-10-11(17)5-4-6-12(10)18/h4-6,9,13-14,20H,7-8H2,1-3H3,(H,19,21)/t13-,14+/m1/s1. The average molecular weight is 362 g/mol. The largest absolute Gasteiger partial charge is 0.467 e. The summed E-state index contributed by atoms with van der Waals surface area (Å²) < 4.78 is 4.70. The molecule has 0 heterocycles. The smallest absolute Gasteiger partial charge is 0.328 e. The molecule has 0 fully saturated rings. The van der Waals surface area contributed by atoms with Crippen LogP contribution in [-0.4, -0.2) is 36.2 Å². The lowest BCUT2D eigenvalue weighted by Gasteiger charge is -2.20. The molecule has 2 N–H and O–H groups in total. The lowest BCUT2D eigenvalue weighted by Crippen LogP contribution is -2.47. The van der Waals surface area contributed by atoms with Crippen LogP contribution in [0, 0.1) is 5.92 Å². The molecule has 0 unspecified atom stereocenters. The molecule has 0 aliphatic heterocycles. The van der Waals surface area contributed by atoms with E-state index >= 15 is 0 Å². The van der Waals surface area contributed by atoms with E-state index < -0.39 is 24.0 Å². The third-order valence-electron chi connectivity index (χ3n) is 3.27. The van der Waals surface area contributed by atoms with Crippen molar-refractivity contribution >= 4 is 35.1 Å². The van der Waals surface area contributed by atoms with Crippen LogP contribution in [-0.2, 0) is 20.7 Å². The Hall–Kier alpha value is -1.30. The predicted molar refractivity (Wildman–Crippen MR) is 89.6 cm³/mol. The van der Waals surface area contributed by atoms with E-state index in [2.05, 4.69) is 5.32 Å². The van der Waals surface area contributed by atoms with E-state index in [1.165, 1.54) is 7.11 Å². The second kappa shape index (κ2) is 9.11. The maximum atomic E-state index is 12.0. The monoisotopic (exact) mass is 361 g/mol. The molecule has 5 nitrogen and oxygen atoms in total. The number of carbonyl (C=O) groups excluding carboxylic acids is 2. The number of amides is 1. The van der Waals surface area contributed by atoms with Crippen molar-refractivity contribution in [2.45, 2.75) is 38.8 Å². The first kappa shape index (κ1) is 19.7. The van der Waals surface area contributed by atoms with Crippen LogP contribution in [0.15, 0.2) is 18.2 Å². The summed E-state index contributed by atoms with van der Waals surface area (Å²) in [6, 6.07) is 4.00. The first-order valence-electron chi connectivity index (χ1n) is 7.25. The van der Waals surface area contributed by atoms with Crippen LogP contribution >= 0.6 is 23.2 Å². The lowest BCUT2D eigenvalue weighted by molar-refractivity contribution is -0.146. The van der Waals surface area contributed by atoms with E-state index in [4.69, 9.17) is 27.9 Å². The fourth-order valence-corrected chi connectivity index (χ4v) is 2.64. The fraction of sp³-hybridized carbons (Fsp3) is 0.500. The summed E-state index contributed by atoms with van der Waals surface area (Å²) in [4.78, 5) is 23.9. The quantitative estimate of drug-likeness (QED) is 0.731. The lowest BCUT2D eigenvalue weighted by atomic mass is 10.0. The van der Waals surface area contributed by atoms with Crippen LogP contribution in [0.5, 0.6) is 0 Å². The van der Waals surface area contributed by atoms with Gasteiger partial charge in [0.2, 0.25) is 5.91 Å². The molecule has 7 heteroatoms. The van der Waals surface area contributed by atoms with Crippen molar-refractivity contribution in [3.05, 3.63) is 33.8 Å². The highest BCUT2D eigenvalue weighted by molar-refractivity contribution is 6.36. The van der Waals surface area contributed by atoms with Gasteiger partial charge in [-0.25, -0.2) is 4.79 Å². The van der Waals surface area contributed by atoms with E-state index in [-0.39, 0.29) is 12.3 Å².